The molecule has 0 bridgehead atoms. The first kappa shape index (κ1) is 21.0. The fourth-order valence-corrected chi connectivity index (χ4v) is 3.92. The molecule has 0 heterocycles. The van der Waals surface area contributed by atoms with E-state index in [1.54, 1.807) is 0 Å². The molecule has 1 atom stereocenters. The van der Waals surface area contributed by atoms with Crippen LogP contribution in [-0.2, 0) is 0 Å². The summed E-state index contributed by atoms with van der Waals surface area (Å²) in [5.74, 6) is 2.15. The van der Waals surface area contributed by atoms with Gasteiger partial charge in [-0.2, -0.15) is 0 Å². The lowest BCUT2D eigenvalue weighted by Gasteiger charge is -2.09. The maximum Gasteiger partial charge on any atom is -0.0388 e. The zero-order chi connectivity index (χ0) is 16.6. The summed E-state index contributed by atoms with van der Waals surface area (Å²) in [5.41, 5.74) is 0. The minimum absolute atomic E-state index is 1.03. The largest absolute Gasteiger partial charge is 0.0654 e. The van der Waals surface area contributed by atoms with Crippen molar-refractivity contribution < 1.29 is 0 Å². The van der Waals surface area contributed by atoms with Crippen molar-refractivity contribution in [1.29, 1.82) is 0 Å². The highest BCUT2D eigenvalue weighted by atomic mass is 14.3. The molecule has 0 aromatic heterocycles. The Balaban J connectivity index is 1.64. The molecule has 1 saturated carbocycles. The molecule has 1 unspecified atom stereocenters. The molecule has 0 spiro atoms. The van der Waals surface area contributed by atoms with Crippen molar-refractivity contribution in [3.8, 4) is 0 Å². The van der Waals surface area contributed by atoms with Gasteiger partial charge in [0.25, 0.3) is 0 Å². The van der Waals surface area contributed by atoms with Crippen LogP contribution < -0.4 is 0 Å². The lowest BCUT2D eigenvalue weighted by Crippen LogP contribution is -1.96. The van der Waals surface area contributed by atoms with Crippen LogP contribution in [0.1, 0.15) is 136 Å². The minimum atomic E-state index is 1.03. The second-order valence-electron chi connectivity index (χ2n) is 8.41. The van der Waals surface area contributed by atoms with Crippen LogP contribution in [0.25, 0.3) is 0 Å². The fraction of sp³-hybridized carbons (Fsp3) is 1.00. The smallest absolute Gasteiger partial charge is 0.0388 e. The van der Waals surface area contributed by atoms with Gasteiger partial charge < -0.3 is 0 Å². The molecule has 1 aliphatic rings. The van der Waals surface area contributed by atoms with Crippen LogP contribution in [0, 0.1) is 11.8 Å². The van der Waals surface area contributed by atoms with Gasteiger partial charge in [-0.05, 0) is 24.7 Å². The van der Waals surface area contributed by atoms with E-state index in [-0.39, 0.29) is 0 Å². The standard InChI is InChI=1S/C23H46/c1-3-4-5-6-7-8-9-10-11-12-13-14-15-16-17-18-19-22(2)23-20-21-23/h22-23H,3-21H2,1-2H3. The summed E-state index contributed by atoms with van der Waals surface area (Å²) >= 11 is 0. The Kier molecular flexibility index (Phi) is 14.2. The van der Waals surface area contributed by atoms with Gasteiger partial charge >= 0.3 is 0 Å². The number of rotatable bonds is 18. The van der Waals surface area contributed by atoms with Gasteiger partial charge in [0.2, 0.25) is 0 Å². The molecule has 0 aromatic rings. The predicted molar refractivity (Wildman–Crippen MR) is 106 cm³/mol. The second kappa shape index (κ2) is 15.5. The third-order valence-electron chi connectivity index (χ3n) is 5.94. The van der Waals surface area contributed by atoms with Gasteiger partial charge in [-0.1, -0.05) is 123 Å². The van der Waals surface area contributed by atoms with Crippen molar-refractivity contribution in [3.05, 3.63) is 0 Å². The van der Waals surface area contributed by atoms with Crippen molar-refractivity contribution in [2.75, 3.05) is 0 Å². The SMILES string of the molecule is CCCCCCCCCCCCCCCCCCC(C)C1CC1. The highest BCUT2D eigenvalue weighted by Crippen LogP contribution is 2.38. The van der Waals surface area contributed by atoms with Gasteiger partial charge in [0.05, 0.1) is 0 Å². The van der Waals surface area contributed by atoms with Crippen molar-refractivity contribution in [1.82, 2.24) is 0 Å². The van der Waals surface area contributed by atoms with Gasteiger partial charge in [0.1, 0.15) is 0 Å². The first-order valence-corrected chi connectivity index (χ1v) is 11.3. The van der Waals surface area contributed by atoms with Crippen LogP contribution in [0.5, 0.6) is 0 Å². The molecule has 0 amide bonds. The van der Waals surface area contributed by atoms with Crippen molar-refractivity contribution in [2.24, 2.45) is 11.8 Å². The van der Waals surface area contributed by atoms with E-state index in [1.807, 2.05) is 0 Å². The zero-order valence-corrected chi connectivity index (χ0v) is 16.6. The maximum absolute atomic E-state index is 2.48. The molecule has 0 saturated heterocycles. The summed E-state index contributed by atoms with van der Waals surface area (Å²) in [5, 5.41) is 0. The summed E-state index contributed by atoms with van der Waals surface area (Å²) < 4.78 is 0. The van der Waals surface area contributed by atoms with Gasteiger partial charge in [0, 0.05) is 0 Å². The van der Waals surface area contributed by atoms with E-state index in [1.165, 1.54) is 122 Å². The maximum atomic E-state index is 2.48. The van der Waals surface area contributed by atoms with Crippen LogP contribution in [-0.4, -0.2) is 0 Å². The molecule has 0 aromatic carbocycles. The Labute approximate surface area is 148 Å². The molecule has 1 rings (SSSR count). The third-order valence-corrected chi connectivity index (χ3v) is 5.94. The average Bonchev–Trinajstić information content (AvgIpc) is 3.39. The van der Waals surface area contributed by atoms with E-state index < -0.39 is 0 Å². The van der Waals surface area contributed by atoms with Crippen LogP contribution in [0.2, 0.25) is 0 Å². The topological polar surface area (TPSA) is 0 Å². The highest BCUT2D eigenvalue weighted by Gasteiger charge is 2.26. The van der Waals surface area contributed by atoms with E-state index in [2.05, 4.69) is 13.8 Å². The second-order valence-corrected chi connectivity index (χ2v) is 8.41. The van der Waals surface area contributed by atoms with Crippen LogP contribution in [0.15, 0.2) is 0 Å². The van der Waals surface area contributed by atoms with Gasteiger partial charge in [-0.15, -0.1) is 0 Å². The number of hydrogen-bond donors (Lipinski definition) is 0. The van der Waals surface area contributed by atoms with Crippen LogP contribution in [0.4, 0.5) is 0 Å². The van der Waals surface area contributed by atoms with Crippen molar-refractivity contribution >= 4 is 0 Å². The molecular weight excluding hydrogens is 276 g/mol. The first-order chi connectivity index (χ1) is 11.3. The summed E-state index contributed by atoms with van der Waals surface area (Å²) in [7, 11) is 0. The van der Waals surface area contributed by atoms with Crippen molar-refractivity contribution in [3.63, 3.8) is 0 Å². The predicted octanol–water partition coefficient (Wildman–Crippen LogP) is 8.68. The van der Waals surface area contributed by atoms with Crippen LogP contribution in [0.3, 0.4) is 0 Å². The van der Waals surface area contributed by atoms with E-state index in [0.29, 0.717) is 0 Å². The fourth-order valence-electron chi connectivity index (χ4n) is 3.92. The first-order valence-electron chi connectivity index (χ1n) is 11.3. The Hall–Kier alpha value is 0. The number of unbranched alkanes of at least 4 members (excludes halogenated alkanes) is 15. The molecule has 1 fully saturated rings. The van der Waals surface area contributed by atoms with Crippen molar-refractivity contribution in [2.45, 2.75) is 136 Å². The van der Waals surface area contributed by atoms with E-state index in [9.17, 15) is 0 Å². The lowest BCUT2D eigenvalue weighted by atomic mass is 9.97. The zero-order valence-electron chi connectivity index (χ0n) is 16.6. The van der Waals surface area contributed by atoms with Gasteiger partial charge in [-0.25, -0.2) is 0 Å². The molecule has 23 heavy (non-hydrogen) atoms. The summed E-state index contributed by atoms with van der Waals surface area (Å²) in [6.07, 6.45) is 28.2. The Morgan fingerprint density at radius 3 is 1.26 bits per heavy atom. The molecular formula is C23H46. The average molecular weight is 323 g/mol. The monoisotopic (exact) mass is 322 g/mol. The quantitative estimate of drug-likeness (QED) is 0.221. The number of hydrogen-bond acceptors (Lipinski definition) is 0. The molecule has 0 heteroatoms. The van der Waals surface area contributed by atoms with Crippen LogP contribution >= 0.6 is 0 Å². The Morgan fingerprint density at radius 2 is 0.913 bits per heavy atom. The lowest BCUT2D eigenvalue weighted by molar-refractivity contribution is 0.436. The summed E-state index contributed by atoms with van der Waals surface area (Å²) in [6, 6.07) is 0. The summed E-state index contributed by atoms with van der Waals surface area (Å²) in [6.45, 7) is 4.78. The molecule has 0 aliphatic heterocycles. The molecule has 0 nitrogen and oxygen atoms in total. The Morgan fingerprint density at radius 1 is 0.565 bits per heavy atom. The van der Waals surface area contributed by atoms with E-state index in [0.717, 1.165) is 11.8 Å². The normalized spacial score (nSPS) is 15.9. The van der Waals surface area contributed by atoms with E-state index >= 15 is 0 Å². The molecule has 0 N–H and O–H groups in total. The molecule has 138 valence electrons. The molecule has 0 radical (unpaired) electrons. The third kappa shape index (κ3) is 14.1. The van der Waals surface area contributed by atoms with Gasteiger partial charge in [0.15, 0.2) is 0 Å². The molecule has 1 aliphatic carbocycles. The van der Waals surface area contributed by atoms with E-state index in [4.69, 9.17) is 0 Å². The van der Waals surface area contributed by atoms with Gasteiger partial charge in [-0.3, -0.25) is 0 Å². The summed E-state index contributed by atoms with van der Waals surface area (Å²) in [4.78, 5) is 0. The minimum Gasteiger partial charge on any atom is -0.0654 e. The Bertz CT molecular complexity index is 228. The highest BCUT2D eigenvalue weighted by molar-refractivity contribution is 4.78.